The van der Waals surface area contributed by atoms with Gasteiger partial charge in [-0.3, -0.25) is 4.79 Å². The van der Waals surface area contributed by atoms with Gasteiger partial charge in [-0.05, 0) is 59.3 Å². The average molecular weight is 454 g/mol. The van der Waals surface area contributed by atoms with Gasteiger partial charge in [0.15, 0.2) is 0 Å². The Morgan fingerprint density at radius 3 is 2.32 bits per heavy atom. The maximum atomic E-state index is 12.7. The molecule has 0 saturated heterocycles. The zero-order valence-corrected chi connectivity index (χ0v) is 18.6. The van der Waals surface area contributed by atoms with Crippen LogP contribution in [0.1, 0.15) is 26.3 Å². The summed E-state index contributed by atoms with van der Waals surface area (Å²) in [5.74, 6) is 0.610. The van der Waals surface area contributed by atoms with E-state index in [1.54, 1.807) is 61.7 Å². The van der Waals surface area contributed by atoms with Crippen molar-refractivity contribution in [3.05, 3.63) is 102 Å². The molecule has 4 aromatic carbocycles. The first-order chi connectivity index (χ1) is 16.6. The highest BCUT2D eigenvalue weighted by molar-refractivity contribution is 6.04. The highest BCUT2D eigenvalue weighted by Crippen LogP contribution is 2.27. The summed E-state index contributed by atoms with van der Waals surface area (Å²) in [6, 6.07) is 24.6. The Kier molecular flexibility index (Phi) is 6.84. The number of methoxy groups -OCH3 is 2. The van der Waals surface area contributed by atoms with Crippen LogP contribution >= 0.6 is 0 Å². The molecule has 1 N–H and O–H groups in total. The van der Waals surface area contributed by atoms with Crippen LogP contribution in [0.5, 0.6) is 17.2 Å². The van der Waals surface area contributed by atoms with Gasteiger partial charge >= 0.3 is 5.97 Å². The van der Waals surface area contributed by atoms with Crippen LogP contribution in [-0.4, -0.2) is 32.3 Å². The second-order valence-corrected chi connectivity index (χ2v) is 7.25. The highest BCUT2D eigenvalue weighted by Gasteiger charge is 2.14. The molecule has 7 nitrogen and oxygen atoms in total. The number of nitrogens with zero attached hydrogens (tertiary/aromatic N) is 1. The van der Waals surface area contributed by atoms with E-state index in [9.17, 15) is 9.59 Å². The van der Waals surface area contributed by atoms with E-state index >= 15 is 0 Å². The monoisotopic (exact) mass is 454 g/mol. The van der Waals surface area contributed by atoms with Gasteiger partial charge in [0.2, 0.25) is 0 Å². The van der Waals surface area contributed by atoms with Crippen LogP contribution in [0.15, 0.2) is 90.0 Å². The number of hydrazone groups is 1. The number of hydrogen-bond donors (Lipinski definition) is 1. The number of amides is 1. The van der Waals surface area contributed by atoms with E-state index in [1.165, 1.54) is 13.3 Å². The fourth-order valence-electron chi connectivity index (χ4n) is 3.37. The van der Waals surface area contributed by atoms with Crippen LogP contribution in [-0.2, 0) is 0 Å². The third-order valence-electron chi connectivity index (χ3n) is 5.15. The van der Waals surface area contributed by atoms with E-state index in [0.29, 0.717) is 33.9 Å². The van der Waals surface area contributed by atoms with Crippen molar-refractivity contribution in [3.8, 4) is 17.2 Å². The molecule has 0 heterocycles. The van der Waals surface area contributed by atoms with Crippen molar-refractivity contribution in [2.45, 2.75) is 0 Å². The second kappa shape index (κ2) is 10.3. The predicted molar refractivity (Wildman–Crippen MR) is 130 cm³/mol. The van der Waals surface area contributed by atoms with Crippen molar-refractivity contribution < 1.29 is 23.8 Å². The molecule has 4 rings (SSSR count). The fourth-order valence-corrected chi connectivity index (χ4v) is 3.37. The summed E-state index contributed by atoms with van der Waals surface area (Å²) < 4.78 is 16.0. The average Bonchev–Trinajstić information content (AvgIpc) is 2.89. The fraction of sp³-hybridized carbons (Fsp3) is 0.0741. The first-order valence-electron chi connectivity index (χ1n) is 10.4. The minimum atomic E-state index is -0.520. The standard InChI is InChI=1S/C27H22N2O5/c1-32-21-13-10-19(11-14-21)27(31)34-25-15-12-18-6-3-4-9-23(18)24(25)17-28-29-26(30)20-7-5-8-22(16-20)33-2/h3-17H,1-2H3,(H,29,30). The summed E-state index contributed by atoms with van der Waals surface area (Å²) in [6.45, 7) is 0. The van der Waals surface area contributed by atoms with Crippen LogP contribution < -0.4 is 19.6 Å². The van der Waals surface area contributed by atoms with E-state index in [1.807, 2.05) is 30.3 Å². The molecule has 0 radical (unpaired) electrons. The molecule has 0 fully saturated rings. The van der Waals surface area contributed by atoms with Crippen molar-refractivity contribution >= 4 is 28.9 Å². The lowest BCUT2D eigenvalue weighted by Gasteiger charge is -2.11. The summed E-state index contributed by atoms with van der Waals surface area (Å²) >= 11 is 0. The van der Waals surface area contributed by atoms with Crippen LogP contribution in [0.25, 0.3) is 10.8 Å². The maximum absolute atomic E-state index is 12.7. The Labute approximate surface area is 196 Å². The lowest BCUT2D eigenvalue weighted by molar-refractivity contribution is 0.0734. The van der Waals surface area contributed by atoms with Crippen molar-refractivity contribution in [2.75, 3.05) is 14.2 Å². The normalized spacial score (nSPS) is 10.8. The number of carbonyl (C=O) groups is 2. The summed E-state index contributed by atoms with van der Waals surface area (Å²) in [7, 11) is 3.09. The van der Waals surface area contributed by atoms with Gasteiger partial charge in [0.05, 0.1) is 26.0 Å². The maximum Gasteiger partial charge on any atom is 0.343 e. The van der Waals surface area contributed by atoms with E-state index in [4.69, 9.17) is 14.2 Å². The number of benzene rings is 4. The zero-order chi connectivity index (χ0) is 23.9. The second-order valence-electron chi connectivity index (χ2n) is 7.25. The van der Waals surface area contributed by atoms with Crippen molar-refractivity contribution in [3.63, 3.8) is 0 Å². The van der Waals surface area contributed by atoms with Gasteiger partial charge in [0.25, 0.3) is 5.91 Å². The van der Waals surface area contributed by atoms with Gasteiger partial charge in [0.1, 0.15) is 17.2 Å². The minimum absolute atomic E-state index is 0.318. The minimum Gasteiger partial charge on any atom is -0.497 e. The van der Waals surface area contributed by atoms with Crippen LogP contribution in [0.3, 0.4) is 0 Å². The van der Waals surface area contributed by atoms with E-state index < -0.39 is 11.9 Å². The Morgan fingerprint density at radius 2 is 1.56 bits per heavy atom. The molecule has 0 aromatic heterocycles. The van der Waals surface area contributed by atoms with Crippen LogP contribution in [0, 0.1) is 0 Å². The van der Waals surface area contributed by atoms with Gasteiger partial charge in [-0.15, -0.1) is 0 Å². The number of fused-ring (bicyclic) bond motifs is 1. The summed E-state index contributed by atoms with van der Waals surface area (Å²) in [5.41, 5.74) is 3.85. The smallest absolute Gasteiger partial charge is 0.343 e. The SMILES string of the molecule is COc1ccc(C(=O)Oc2ccc3ccccc3c2C=NNC(=O)c2cccc(OC)c2)cc1. The van der Waals surface area contributed by atoms with Crippen molar-refractivity contribution in [1.29, 1.82) is 0 Å². The summed E-state index contributed by atoms with van der Waals surface area (Å²) in [4.78, 5) is 25.2. The lowest BCUT2D eigenvalue weighted by atomic mass is 10.0. The molecule has 0 bridgehead atoms. The van der Waals surface area contributed by atoms with Gasteiger partial charge in [-0.1, -0.05) is 36.4 Å². The molecule has 0 atom stereocenters. The first kappa shape index (κ1) is 22.5. The lowest BCUT2D eigenvalue weighted by Crippen LogP contribution is -2.17. The molecule has 34 heavy (non-hydrogen) atoms. The van der Waals surface area contributed by atoms with Gasteiger partial charge in [-0.2, -0.15) is 5.10 Å². The molecule has 0 aliphatic carbocycles. The van der Waals surface area contributed by atoms with Crippen LogP contribution in [0.4, 0.5) is 0 Å². The Balaban J connectivity index is 1.60. The largest absolute Gasteiger partial charge is 0.497 e. The zero-order valence-electron chi connectivity index (χ0n) is 18.6. The van der Waals surface area contributed by atoms with Gasteiger partial charge < -0.3 is 14.2 Å². The number of carbonyl (C=O) groups excluding carboxylic acids is 2. The molecule has 4 aromatic rings. The number of hydrogen-bond acceptors (Lipinski definition) is 6. The predicted octanol–water partition coefficient (Wildman–Crippen LogP) is 4.84. The topological polar surface area (TPSA) is 86.2 Å². The Hall–Kier alpha value is -4.65. The van der Waals surface area contributed by atoms with E-state index in [2.05, 4.69) is 10.5 Å². The molecule has 0 aliphatic rings. The third kappa shape index (κ3) is 5.05. The summed E-state index contributed by atoms with van der Waals surface area (Å²) in [5, 5.41) is 5.87. The molecular formula is C27H22N2O5. The quantitative estimate of drug-likeness (QED) is 0.187. The number of ether oxygens (including phenoxy) is 3. The van der Waals surface area contributed by atoms with Crippen molar-refractivity contribution in [1.82, 2.24) is 5.43 Å². The Bertz CT molecular complexity index is 1360. The molecule has 7 heteroatoms. The molecule has 170 valence electrons. The molecule has 0 spiro atoms. The molecule has 1 amide bonds. The molecular weight excluding hydrogens is 432 g/mol. The molecule has 0 unspecified atom stereocenters. The molecule has 0 saturated carbocycles. The number of rotatable bonds is 7. The van der Waals surface area contributed by atoms with E-state index in [-0.39, 0.29) is 0 Å². The summed E-state index contributed by atoms with van der Waals surface area (Å²) in [6.07, 6.45) is 1.47. The van der Waals surface area contributed by atoms with Crippen LogP contribution in [0.2, 0.25) is 0 Å². The Morgan fingerprint density at radius 1 is 0.794 bits per heavy atom. The van der Waals surface area contributed by atoms with E-state index in [0.717, 1.165) is 10.8 Å². The third-order valence-corrected chi connectivity index (χ3v) is 5.15. The van der Waals surface area contributed by atoms with Gasteiger partial charge in [0, 0.05) is 11.1 Å². The highest BCUT2D eigenvalue weighted by atomic mass is 16.5. The van der Waals surface area contributed by atoms with Gasteiger partial charge in [-0.25, -0.2) is 10.2 Å². The molecule has 0 aliphatic heterocycles. The number of nitrogens with one attached hydrogen (secondary N) is 1. The first-order valence-corrected chi connectivity index (χ1v) is 10.4. The number of esters is 1. The van der Waals surface area contributed by atoms with Crippen molar-refractivity contribution in [2.24, 2.45) is 5.10 Å².